The van der Waals surface area contributed by atoms with Crippen molar-refractivity contribution in [2.45, 2.75) is 49.1 Å². The van der Waals surface area contributed by atoms with Crippen LogP contribution in [0, 0.1) is 5.92 Å². The van der Waals surface area contributed by atoms with E-state index in [-0.39, 0.29) is 28.3 Å². The highest BCUT2D eigenvalue weighted by molar-refractivity contribution is 8.44. The van der Waals surface area contributed by atoms with E-state index in [1.54, 1.807) is 0 Å². The van der Waals surface area contributed by atoms with Gasteiger partial charge in [-0.25, -0.2) is 23.9 Å². The quantitative estimate of drug-likeness (QED) is 0.0931. The molecule has 3 aliphatic rings. The number of hydrogen-bond acceptors (Lipinski definition) is 15. The molecule has 4 unspecified atom stereocenters. The zero-order valence-corrected chi connectivity index (χ0v) is 24.5. The smallest absolute Gasteiger partial charge is 0.386 e. The number of hydrogen-bond donors (Lipinski definition) is 6. The Labute approximate surface area is 248 Å². The molecule has 24 heteroatoms. The minimum absolute atomic E-state index is 0.0309. The Balaban J connectivity index is 1.11. The largest absolute Gasteiger partial charge is 0.390 e. The number of aliphatic hydroxyl groups is 1. The Morgan fingerprint density at radius 3 is 2.55 bits per heavy atom. The number of ether oxygens (including phenoxy) is 2. The monoisotopic (exact) mass is 677 g/mol. The maximum absolute atomic E-state index is 15.6. The van der Waals surface area contributed by atoms with E-state index >= 15 is 4.39 Å². The number of anilines is 1. The molecule has 7 rings (SSSR count). The predicted octanol–water partition coefficient (Wildman–Crippen LogP) is -0.835. The van der Waals surface area contributed by atoms with E-state index in [1.807, 2.05) is 0 Å². The fourth-order valence-electron chi connectivity index (χ4n) is 5.46. The average molecular weight is 677 g/mol. The van der Waals surface area contributed by atoms with Gasteiger partial charge in [0.25, 0.3) is 11.1 Å². The molecule has 0 radical (unpaired) electrons. The van der Waals surface area contributed by atoms with Crippen molar-refractivity contribution in [3.63, 3.8) is 0 Å². The molecule has 0 aromatic carbocycles. The minimum Gasteiger partial charge on any atom is -0.390 e. The van der Waals surface area contributed by atoms with E-state index in [9.17, 15) is 28.7 Å². The van der Waals surface area contributed by atoms with Gasteiger partial charge >= 0.3 is 15.1 Å². The number of rotatable bonds is 9. The Bertz CT molecular complexity index is 1960. The van der Waals surface area contributed by atoms with Crippen LogP contribution in [-0.2, 0) is 32.2 Å². The van der Waals surface area contributed by atoms with Crippen LogP contribution in [0.2, 0.25) is 0 Å². The third kappa shape index (κ3) is 5.00. The first-order valence-electron chi connectivity index (χ1n) is 12.7. The van der Waals surface area contributed by atoms with Gasteiger partial charge in [0.1, 0.15) is 18.3 Å². The zero-order valence-electron chi connectivity index (χ0n) is 21.7. The van der Waals surface area contributed by atoms with E-state index in [4.69, 9.17) is 28.8 Å². The van der Waals surface area contributed by atoms with E-state index in [2.05, 4.69) is 42.2 Å². The maximum atomic E-state index is 15.6. The van der Waals surface area contributed by atoms with Gasteiger partial charge in [-0.15, -0.1) is 0 Å². The van der Waals surface area contributed by atoms with Gasteiger partial charge in [0.05, 0.1) is 37.8 Å². The summed E-state index contributed by atoms with van der Waals surface area (Å²) in [6.07, 6.45) is -7.19. The summed E-state index contributed by atoms with van der Waals surface area (Å²) >= 11 is 4.03. The van der Waals surface area contributed by atoms with Crippen LogP contribution in [0.15, 0.2) is 28.6 Å². The predicted molar refractivity (Wildman–Crippen MR) is 146 cm³/mol. The number of aliphatic hydroxyl groups excluding tert-OH is 1. The number of aromatic amines is 2. The number of aromatic nitrogens is 8. The van der Waals surface area contributed by atoms with Crippen molar-refractivity contribution in [1.29, 1.82) is 0 Å². The molecule has 2 aliphatic heterocycles. The topological polar surface area (TPSA) is 274 Å². The van der Waals surface area contributed by atoms with Crippen LogP contribution >= 0.6 is 27.3 Å². The molecule has 11 atom stereocenters. The summed E-state index contributed by atoms with van der Waals surface area (Å²) in [7, 11) is -3.69. The molecule has 0 spiro atoms. The average Bonchev–Trinajstić information content (AvgIpc) is 3.43. The summed E-state index contributed by atoms with van der Waals surface area (Å²) in [6, 6.07) is 0. The van der Waals surface area contributed by atoms with Gasteiger partial charge in [-0.3, -0.25) is 37.3 Å². The Kier molecular flexibility index (Phi) is 7.28. The Hall–Kier alpha value is -3.04. The van der Waals surface area contributed by atoms with Crippen LogP contribution < -0.4 is 16.9 Å². The van der Waals surface area contributed by atoms with Gasteiger partial charge in [0, 0.05) is 5.92 Å². The number of nitrogens with two attached hydrogens (primary N) is 1. The number of fused-ring (bicyclic) bond motifs is 3. The summed E-state index contributed by atoms with van der Waals surface area (Å²) in [5.74, 6) is -0.855. The number of H-pyrrole nitrogens is 2. The van der Waals surface area contributed by atoms with Crippen LogP contribution in [0.5, 0.6) is 0 Å². The molecule has 6 N–H and O–H groups in total. The molecule has 0 amide bonds. The van der Waals surface area contributed by atoms with E-state index < -0.39 is 87.8 Å². The third-order valence-corrected chi connectivity index (χ3v) is 9.54. The maximum Gasteiger partial charge on any atom is 0.386 e. The molecule has 1 aliphatic carbocycles. The summed E-state index contributed by atoms with van der Waals surface area (Å²) in [5.41, 5.74) is 4.32. The second-order valence-electron chi connectivity index (χ2n) is 10.1. The molecule has 1 saturated carbocycles. The molecular weight excluding hydrogens is 655 g/mol. The normalized spacial score (nSPS) is 33.5. The second kappa shape index (κ2) is 10.8. The SMILES string of the molecule is Nc1nc2c(ncn2[C@@H]2O[C@@H]3C(O)C3[C@H]2OP(=O)(S)OC[C@H]2O[C@@H](n3cnc4c(=O)[nH]cnc43)[C@@H](F)[C@@H]2O[PH](=O)O)c(=O)[nH]1. The lowest BCUT2D eigenvalue weighted by molar-refractivity contribution is -0.0653. The van der Waals surface area contributed by atoms with Crippen molar-refractivity contribution in [2.24, 2.45) is 5.92 Å². The highest BCUT2D eigenvalue weighted by atomic mass is 32.7. The van der Waals surface area contributed by atoms with Crippen molar-refractivity contribution < 1.29 is 46.6 Å². The lowest BCUT2D eigenvalue weighted by Gasteiger charge is -2.27. The molecule has 236 valence electrons. The molecule has 6 heterocycles. The molecule has 3 fully saturated rings. The first-order chi connectivity index (χ1) is 20.9. The van der Waals surface area contributed by atoms with Crippen LogP contribution in [0.1, 0.15) is 12.5 Å². The van der Waals surface area contributed by atoms with Gasteiger partial charge in [0.15, 0.2) is 41.0 Å². The van der Waals surface area contributed by atoms with Crippen LogP contribution in [-0.4, -0.2) is 92.3 Å². The lowest BCUT2D eigenvalue weighted by Crippen LogP contribution is -2.33. The van der Waals surface area contributed by atoms with Crippen molar-refractivity contribution in [3.8, 4) is 0 Å². The highest BCUT2D eigenvalue weighted by Gasteiger charge is 2.66. The Morgan fingerprint density at radius 1 is 1.11 bits per heavy atom. The van der Waals surface area contributed by atoms with Gasteiger partial charge in [0.2, 0.25) is 5.95 Å². The number of halogens is 1. The Morgan fingerprint density at radius 2 is 1.82 bits per heavy atom. The van der Waals surface area contributed by atoms with E-state index in [1.165, 1.54) is 10.9 Å². The second-order valence-corrected chi connectivity index (χ2v) is 13.7. The zero-order chi connectivity index (χ0) is 31.1. The summed E-state index contributed by atoms with van der Waals surface area (Å²) in [4.78, 5) is 54.3. The summed E-state index contributed by atoms with van der Waals surface area (Å²) < 4.78 is 70.5. The molecule has 44 heavy (non-hydrogen) atoms. The number of nitrogens with zero attached hydrogens (tertiary/aromatic N) is 6. The van der Waals surface area contributed by atoms with E-state index in [0.717, 1.165) is 17.2 Å². The van der Waals surface area contributed by atoms with Crippen molar-refractivity contribution in [1.82, 2.24) is 39.0 Å². The molecule has 0 bridgehead atoms. The molecule has 4 aromatic heterocycles. The first kappa shape index (κ1) is 29.7. The van der Waals surface area contributed by atoms with Gasteiger partial charge in [-0.2, -0.15) is 4.98 Å². The number of nitrogen functional groups attached to an aromatic ring is 1. The molecule has 20 nitrogen and oxygen atoms in total. The first-order valence-corrected chi connectivity index (χ1v) is 16.7. The van der Waals surface area contributed by atoms with Crippen LogP contribution in [0.3, 0.4) is 0 Å². The number of alkyl halides is 1. The minimum atomic E-state index is -4.37. The molecule has 4 aromatic rings. The number of imidazole rings is 2. The van der Waals surface area contributed by atoms with Crippen LogP contribution in [0.25, 0.3) is 22.3 Å². The lowest BCUT2D eigenvalue weighted by atomic mass is 10.1. The standard InChI is InChI=1S/C20H22FN9O11P2S/c21-7-11(40-42(34)35)5(38-18(7)29-3-25-8-14(29)23-2-24-16(8)32)1-37-43(36,44)41-13-6-10(31)12(6)39-19(13)30-4-26-9-15(30)27-20(22)28-17(9)33/h2-7,10-13,18-19,31,42H,1H2,(H,34,35)(H,36,44)(H,23,24,32)(H3,22,27,28,33)/t5-,6?,7+,10?,11-,12+,13-,18-,19-,43?/m1/s1. The van der Waals surface area contributed by atoms with Gasteiger partial charge in [-0.05, 0) is 0 Å². The highest BCUT2D eigenvalue weighted by Crippen LogP contribution is 2.61. The van der Waals surface area contributed by atoms with Crippen molar-refractivity contribution >= 4 is 55.6 Å². The molecule has 2 saturated heterocycles. The third-order valence-electron chi connectivity index (χ3n) is 7.45. The number of nitrogens with one attached hydrogen (secondary N) is 2. The van der Waals surface area contributed by atoms with Crippen molar-refractivity contribution in [3.05, 3.63) is 39.7 Å². The summed E-state index contributed by atoms with van der Waals surface area (Å²) in [5, 5.41) is 10.3. The molecular formula is C20H22FN9O11P2S. The number of thiol groups is 1. The van der Waals surface area contributed by atoms with Gasteiger partial charge in [-0.1, -0.05) is 12.2 Å². The van der Waals surface area contributed by atoms with Gasteiger partial charge < -0.3 is 34.7 Å². The van der Waals surface area contributed by atoms with Crippen molar-refractivity contribution in [2.75, 3.05) is 12.3 Å². The fraction of sp³-hybridized carbons (Fsp3) is 0.500. The van der Waals surface area contributed by atoms with Crippen LogP contribution in [0.4, 0.5) is 10.3 Å². The summed E-state index contributed by atoms with van der Waals surface area (Å²) in [6.45, 7) is -5.07. The fourth-order valence-corrected chi connectivity index (χ4v) is 7.45. The van der Waals surface area contributed by atoms with E-state index in [0.29, 0.717) is 0 Å².